The quantitative estimate of drug-likeness (QED) is 0.901. The van der Waals surface area contributed by atoms with Crippen molar-refractivity contribution in [1.29, 1.82) is 0 Å². The molecule has 0 aliphatic rings. The summed E-state index contributed by atoms with van der Waals surface area (Å²) >= 11 is 0. The number of benzene rings is 1. The molecule has 0 radical (unpaired) electrons. The molecular formula is C16H18N2O2. The van der Waals surface area contributed by atoms with Gasteiger partial charge in [0, 0.05) is 26.0 Å². The minimum Gasteiger partial charge on any atom is -0.395 e. The van der Waals surface area contributed by atoms with Crippen molar-refractivity contribution in [2.75, 3.05) is 13.7 Å². The van der Waals surface area contributed by atoms with E-state index in [-0.39, 0.29) is 12.5 Å². The van der Waals surface area contributed by atoms with Crippen LogP contribution in [-0.4, -0.2) is 34.6 Å². The van der Waals surface area contributed by atoms with Crippen molar-refractivity contribution in [1.82, 2.24) is 9.88 Å². The zero-order chi connectivity index (χ0) is 14.4. The molecule has 1 aromatic carbocycles. The van der Waals surface area contributed by atoms with Gasteiger partial charge in [-0.15, -0.1) is 0 Å². The normalized spacial score (nSPS) is 11.9. The van der Waals surface area contributed by atoms with Crippen LogP contribution in [0.15, 0.2) is 54.9 Å². The molecule has 0 aliphatic carbocycles. The summed E-state index contributed by atoms with van der Waals surface area (Å²) in [4.78, 5) is 18.1. The smallest absolute Gasteiger partial charge is 0.232 e. The number of rotatable bonds is 5. The first-order valence-corrected chi connectivity index (χ1v) is 6.52. The van der Waals surface area contributed by atoms with Gasteiger partial charge >= 0.3 is 0 Å². The first kappa shape index (κ1) is 14.2. The Morgan fingerprint density at radius 3 is 2.60 bits per heavy atom. The van der Waals surface area contributed by atoms with E-state index in [9.17, 15) is 9.90 Å². The molecule has 0 unspecified atom stereocenters. The van der Waals surface area contributed by atoms with Crippen LogP contribution in [0.5, 0.6) is 0 Å². The topological polar surface area (TPSA) is 53.4 Å². The Labute approximate surface area is 118 Å². The Morgan fingerprint density at radius 1 is 1.25 bits per heavy atom. The van der Waals surface area contributed by atoms with Gasteiger partial charge in [-0.2, -0.15) is 0 Å². The molecule has 0 saturated carbocycles. The fourth-order valence-electron chi connectivity index (χ4n) is 2.12. The molecule has 20 heavy (non-hydrogen) atoms. The van der Waals surface area contributed by atoms with Gasteiger partial charge in [0.15, 0.2) is 0 Å². The minimum atomic E-state index is -0.516. The van der Waals surface area contributed by atoms with Gasteiger partial charge in [0.25, 0.3) is 0 Å². The van der Waals surface area contributed by atoms with Gasteiger partial charge in [-0.1, -0.05) is 36.4 Å². The predicted molar refractivity (Wildman–Crippen MR) is 77.0 cm³/mol. The summed E-state index contributed by atoms with van der Waals surface area (Å²) in [7, 11) is 1.74. The number of likely N-dealkylation sites (N-methyl/N-ethyl adjacent to an activating group) is 1. The summed E-state index contributed by atoms with van der Waals surface area (Å²) in [5.74, 6) is -0.611. The second-order valence-corrected chi connectivity index (χ2v) is 4.70. The standard InChI is InChI=1S/C16H18N2O2/c1-18(11-13-6-5-9-17-10-13)16(20)15(12-19)14-7-3-2-4-8-14/h2-10,15,19H,11-12H2,1H3/t15-/m1/s1. The fraction of sp³-hybridized carbons (Fsp3) is 0.250. The highest BCUT2D eigenvalue weighted by molar-refractivity contribution is 5.83. The van der Waals surface area contributed by atoms with Gasteiger partial charge < -0.3 is 10.0 Å². The fourth-order valence-corrected chi connectivity index (χ4v) is 2.12. The lowest BCUT2D eigenvalue weighted by atomic mass is 9.98. The Balaban J connectivity index is 2.09. The summed E-state index contributed by atoms with van der Waals surface area (Å²) in [6.45, 7) is 0.288. The number of aliphatic hydroxyl groups is 1. The SMILES string of the molecule is CN(Cc1cccnc1)C(=O)[C@H](CO)c1ccccc1. The lowest BCUT2D eigenvalue weighted by Gasteiger charge is -2.22. The van der Waals surface area contributed by atoms with Gasteiger partial charge in [-0.25, -0.2) is 0 Å². The molecule has 104 valence electrons. The van der Waals surface area contributed by atoms with Crippen LogP contribution in [0.4, 0.5) is 0 Å². The van der Waals surface area contributed by atoms with E-state index in [1.54, 1.807) is 24.3 Å². The number of amides is 1. The van der Waals surface area contributed by atoms with Crippen LogP contribution in [0.2, 0.25) is 0 Å². The first-order valence-electron chi connectivity index (χ1n) is 6.52. The highest BCUT2D eigenvalue weighted by atomic mass is 16.3. The lowest BCUT2D eigenvalue weighted by Crippen LogP contribution is -2.33. The lowest BCUT2D eigenvalue weighted by molar-refractivity contribution is -0.133. The second-order valence-electron chi connectivity index (χ2n) is 4.70. The molecule has 0 saturated heterocycles. The van der Waals surface area contributed by atoms with Crippen molar-refractivity contribution < 1.29 is 9.90 Å². The van der Waals surface area contributed by atoms with Crippen molar-refractivity contribution in [3.63, 3.8) is 0 Å². The maximum Gasteiger partial charge on any atom is 0.232 e. The molecule has 0 bridgehead atoms. The first-order chi connectivity index (χ1) is 9.72. The van der Waals surface area contributed by atoms with E-state index in [1.807, 2.05) is 42.5 Å². The molecular weight excluding hydrogens is 252 g/mol. The van der Waals surface area contributed by atoms with Crippen molar-refractivity contribution in [3.05, 3.63) is 66.0 Å². The Morgan fingerprint density at radius 2 is 2.00 bits per heavy atom. The maximum atomic E-state index is 12.4. The third kappa shape index (κ3) is 3.42. The third-order valence-corrected chi connectivity index (χ3v) is 3.20. The maximum absolute atomic E-state index is 12.4. The average molecular weight is 270 g/mol. The Kier molecular flexibility index (Phi) is 4.85. The molecule has 1 N–H and O–H groups in total. The van der Waals surface area contributed by atoms with E-state index >= 15 is 0 Å². The van der Waals surface area contributed by atoms with Crippen molar-refractivity contribution in [2.24, 2.45) is 0 Å². The zero-order valence-corrected chi connectivity index (χ0v) is 11.4. The minimum absolute atomic E-state index is 0.0949. The molecule has 4 nitrogen and oxygen atoms in total. The zero-order valence-electron chi connectivity index (χ0n) is 11.4. The molecule has 1 atom stereocenters. The molecule has 1 heterocycles. The predicted octanol–water partition coefficient (Wildman–Crippen LogP) is 1.82. The van der Waals surface area contributed by atoms with Crippen molar-refractivity contribution >= 4 is 5.91 Å². The van der Waals surface area contributed by atoms with Crippen LogP contribution in [0, 0.1) is 0 Å². The molecule has 0 fully saturated rings. The largest absolute Gasteiger partial charge is 0.395 e. The van der Waals surface area contributed by atoms with Crippen LogP contribution < -0.4 is 0 Å². The van der Waals surface area contributed by atoms with E-state index in [4.69, 9.17) is 0 Å². The number of carbonyl (C=O) groups is 1. The monoisotopic (exact) mass is 270 g/mol. The highest BCUT2D eigenvalue weighted by Gasteiger charge is 2.23. The van der Waals surface area contributed by atoms with Crippen LogP contribution >= 0.6 is 0 Å². The molecule has 0 spiro atoms. The number of aromatic nitrogens is 1. The number of carbonyl (C=O) groups excluding carboxylic acids is 1. The van der Waals surface area contributed by atoms with Gasteiger partial charge in [0.05, 0.1) is 12.5 Å². The van der Waals surface area contributed by atoms with Crippen LogP contribution in [0.1, 0.15) is 17.0 Å². The van der Waals surface area contributed by atoms with E-state index in [2.05, 4.69) is 4.98 Å². The van der Waals surface area contributed by atoms with Crippen LogP contribution in [0.25, 0.3) is 0 Å². The number of pyridine rings is 1. The molecule has 4 heteroatoms. The third-order valence-electron chi connectivity index (χ3n) is 3.20. The summed E-state index contributed by atoms with van der Waals surface area (Å²) in [5, 5.41) is 9.51. The van der Waals surface area contributed by atoms with Gasteiger partial charge in [0.2, 0.25) is 5.91 Å². The Bertz CT molecular complexity index is 543. The average Bonchev–Trinajstić information content (AvgIpc) is 2.50. The highest BCUT2D eigenvalue weighted by Crippen LogP contribution is 2.18. The summed E-state index contributed by atoms with van der Waals surface area (Å²) < 4.78 is 0. The summed E-state index contributed by atoms with van der Waals surface area (Å²) in [6.07, 6.45) is 3.44. The molecule has 1 amide bonds. The van der Waals surface area contributed by atoms with Crippen LogP contribution in [0.3, 0.4) is 0 Å². The van der Waals surface area contributed by atoms with Gasteiger partial charge in [0.1, 0.15) is 0 Å². The van der Waals surface area contributed by atoms with E-state index in [1.165, 1.54) is 0 Å². The summed E-state index contributed by atoms with van der Waals surface area (Å²) in [5.41, 5.74) is 1.80. The Hall–Kier alpha value is -2.20. The second kappa shape index (κ2) is 6.82. The number of aliphatic hydroxyl groups excluding tert-OH is 1. The van der Waals surface area contributed by atoms with E-state index in [0.717, 1.165) is 11.1 Å². The summed E-state index contributed by atoms with van der Waals surface area (Å²) in [6, 6.07) is 13.1. The molecule has 2 rings (SSSR count). The molecule has 1 aromatic heterocycles. The molecule has 0 aliphatic heterocycles. The molecule has 2 aromatic rings. The van der Waals surface area contributed by atoms with Gasteiger partial charge in [-0.05, 0) is 17.2 Å². The van der Waals surface area contributed by atoms with Crippen molar-refractivity contribution in [2.45, 2.75) is 12.5 Å². The van der Waals surface area contributed by atoms with E-state index in [0.29, 0.717) is 6.54 Å². The number of nitrogens with zero attached hydrogens (tertiary/aromatic N) is 2. The van der Waals surface area contributed by atoms with Crippen LogP contribution in [-0.2, 0) is 11.3 Å². The number of hydrogen-bond donors (Lipinski definition) is 1. The van der Waals surface area contributed by atoms with Gasteiger partial charge in [-0.3, -0.25) is 9.78 Å². The van der Waals surface area contributed by atoms with Crippen molar-refractivity contribution in [3.8, 4) is 0 Å². The number of hydrogen-bond acceptors (Lipinski definition) is 3. The van der Waals surface area contributed by atoms with E-state index < -0.39 is 5.92 Å².